The lowest BCUT2D eigenvalue weighted by atomic mass is 10.1. The maximum absolute atomic E-state index is 12.8. The first kappa shape index (κ1) is 14.5. The largest absolute Gasteiger partial charge is 0.383 e. The highest BCUT2D eigenvalue weighted by Crippen LogP contribution is 2.30. The van der Waals surface area contributed by atoms with E-state index < -0.39 is 12.5 Å². The zero-order chi connectivity index (χ0) is 14.9. The van der Waals surface area contributed by atoms with Gasteiger partial charge in [0, 0.05) is 10.0 Å². The SMILES string of the molecule is CC(C(F)F)n1nc(-c2ccc(Br)cc2)c(C#N)c1N. The summed E-state index contributed by atoms with van der Waals surface area (Å²) in [5.41, 5.74) is 6.83. The number of nitrogens with two attached hydrogens (primary N) is 1. The first-order valence-electron chi connectivity index (χ1n) is 5.78. The minimum atomic E-state index is -2.61. The third-order valence-corrected chi connectivity index (χ3v) is 3.46. The van der Waals surface area contributed by atoms with E-state index in [0.29, 0.717) is 11.3 Å². The lowest BCUT2D eigenvalue weighted by molar-refractivity contribution is 0.0867. The van der Waals surface area contributed by atoms with Crippen LogP contribution in [-0.4, -0.2) is 16.2 Å². The number of nitrogen functional groups attached to an aromatic ring is 1. The first-order chi connectivity index (χ1) is 9.45. The Balaban J connectivity index is 2.57. The van der Waals surface area contributed by atoms with Crippen LogP contribution in [0.15, 0.2) is 28.7 Å². The summed E-state index contributed by atoms with van der Waals surface area (Å²) in [6.07, 6.45) is -2.61. The van der Waals surface area contributed by atoms with E-state index in [1.807, 2.05) is 6.07 Å². The van der Waals surface area contributed by atoms with E-state index in [1.54, 1.807) is 24.3 Å². The van der Waals surface area contributed by atoms with E-state index in [9.17, 15) is 8.78 Å². The van der Waals surface area contributed by atoms with Gasteiger partial charge in [-0.3, -0.25) is 0 Å². The summed E-state index contributed by atoms with van der Waals surface area (Å²) in [6, 6.07) is 7.78. The van der Waals surface area contributed by atoms with Gasteiger partial charge in [0.25, 0.3) is 6.43 Å². The van der Waals surface area contributed by atoms with E-state index in [1.165, 1.54) is 6.92 Å². The zero-order valence-corrected chi connectivity index (χ0v) is 12.1. The molecule has 7 heteroatoms. The van der Waals surface area contributed by atoms with Crippen molar-refractivity contribution in [1.82, 2.24) is 9.78 Å². The Kier molecular flexibility index (Phi) is 4.04. The molecule has 1 heterocycles. The van der Waals surface area contributed by atoms with Crippen LogP contribution < -0.4 is 5.73 Å². The second-order valence-corrected chi connectivity index (χ2v) is 5.16. The lowest BCUT2D eigenvalue weighted by Crippen LogP contribution is -2.17. The van der Waals surface area contributed by atoms with Gasteiger partial charge in [-0.25, -0.2) is 13.5 Å². The van der Waals surface area contributed by atoms with Crippen molar-refractivity contribution in [3.63, 3.8) is 0 Å². The highest BCUT2D eigenvalue weighted by Gasteiger charge is 2.24. The minimum Gasteiger partial charge on any atom is -0.383 e. The smallest absolute Gasteiger partial charge is 0.260 e. The number of rotatable bonds is 3. The molecule has 0 saturated carbocycles. The summed E-state index contributed by atoms with van der Waals surface area (Å²) < 4.78 is 27.4. The van der Waals surface area contributed by atoms with Crippen molar-refractivity contribution in [3.05, 3.63) is 34.3 Å². The van der Waals surface area contributed by atoms with Crippen LogP contribution in [0.2, 0.25) is 0 Å². The molecular formula is C13H11BrF2N4. The predicted octanol–water partition coefficient (Wildman–Crippen LogP) is 3.59. The molecule has 2 rings (SSSR count). The van der Waals surface area contributed by atoms with Crippen LogP contribution in [0.25, 0.3) is 11.3 Å². The van der Waals surface area contributed by atoms with Crippen LogP contribution in [0.5, 0.6) is 0 Å². The summed E-state index contributed by atoms with van der Waals surface area (Å²) >= 11 is 3.30. The summed E-state index contributed by atoms with van der Waals surface area (Å²) in [7, 11) is 0. The Bertz CT molecular complexity index is 658. The fraction of sp³-hybridized carbons (Fsp3) is 0.231. The van der Waals surface area contributed by atoms with Gasteiger partial charge in [0.15, 0.2) is 0 Å². The van der Waals surface area contributed by atoms with Crippen molar-refractivity contribution >= 4 is 21.7 Å². The maximum atomic E-state index is 12.8. The number of anilines is 1. The summed E-state index contributed by atoms with van der Waals surface area (Å²) in [5.74, 6) is -0.0433. The Morgan fingerprint density at radius 2 is 1.95 bits per heavy atom. The van der Waals surface area contributed by atoms with E-state index in [2.05, 4.69) is 21.0 Å². The lowest BCUT2D eigenvalue weighted by Gasteiger charge is -2.12. The van der Waals surface area contributed by atoms with Crippen molar-refractivity contribution in [2.45, 2.75) is 19.4 Å². The second kappa shape index (κ2) is 5.59. The molecule has 1 unspecified atom stereocenters. The van der Waals surface area contributed by atoms with Crippen molar-refractivity contribution in [2.24, 2.45) is 0 Å². The molecule has 0 aliphatic rings. The minimum absolute atomic E-state index is 0.0433. The van der Waals surface area contributed by atoms with E-state index in [0.717, 1.165) is 9.15 Å². The van der Waals surface area contributed by atoms with Crippen LogP contribution in [-0.2, 0) is 0 Å². The Labute approximate surface area is 122 Å². The number of hydrogen-bond donors (Lipinski definition) is 1. The molecule has 1 atom stereocenters. The normalized spacial score (nSPS) is 12.4. The van der Waals surface area contributed by atoms with Crippen molar-refractivity contribution < 1.29 is 8.78 Å². The van der Waals surface area contributed by atoms with Crippen LogP contribution >= 0.6 is 15.9 Å². The van der Waals surface area contributed by atoms with Gasteiger partial charge in [-0.1, -0.05) is 28.1 Å². The van der Waals surface area contributed by atoms with E-state index >= 15 is 0 Å². The fourth-order valence-corrected chi connectivity index (χ4v) is 2.05. The second-order valence-electron chi connectivity index (χ2n) is 4.25. The zero-order valence-electron chi connectivity index (χ0n) is 10.5. The number of halogens is 3. The van der Waals surface area contributed by atoms with Crippen molar-refractivity contribution in [3.8, 4) is 17.3 Å². The molecule has 4 nitrogen and oxygen atoms in total. The van der Waals surface area contributed by atoms with Gasteiger partial charge in [-0.2, -0.15) is 10.4 Å². The van der Waals surface area contributed by atoms with Gasteiger partial charge in [0.05, 0.1) is 0 Å². The number of benzene rings is 1. The molecule has 0 aliphatic heterocycles. The number of alkyl halides is 2. The summed E-state index contributed by atoms with van der Waals surface area (Å²) in [4.78, 5) is 0. The molecule has 0 fully saturated rings. The van der Waals surface area contributed by atoms with Crippen LogP contribution in [0, 0.1) is 11.3 Å². The molecule has 1 aromatic carbocycles. The topological polar surface area (TPSA) is 67.6 Å². The van der Waals surface area contributed by atoms with Gasteiger partial charge < -0.3 is 5.73 Å². The molecule has 1 aromatic heterocycles. The Morgan fingerprint density at radius 1 is 1.35 bits per heavy atom. The van der Waals surface area contributed by atoms with Crippen LogP contribution in [0.4, 0.5) is 14.6 Å². The van der Waals surface area contributed by atoms with Gasteiger partial charge in [0.1, 0.15) is 29.2 Å². The summed E-state index contributed by atoms with van der Waals surface area (Å²) in [6.45, 7) is 1.31. The quantitative estimate of drug-likeness (QED) is 0.928. The highest BCUT2D eigenvalue weighted by molar-refractivity contribution is 9.10. The van der Waals surface area contributed by atoms with Gasteiger partial charge in [0.2, 0.25) is 0 Å². The number of nitriles is 1. The Hall–Kier alpha value is -1.94. The molecule has 2 N–H and O–H groups in total. The summed E-state index contributed by atoms with van der Waals surface area (Å²) in [5, 5.41) is 13.2. The van der Waals surface area contributed by atoms with Gasteiger partial charge in [-0.15, -0.1) is 0 Å². The molecule has 0 spiro atoms. The fourth-order valence-electron chi connectivity index (χ4n) is 1.78. The first-order valence-corrected chi connectivity index (χ1v) is 6.57. The molecule has 0 radical (unpaired) electrons. The molecular weight excluding hydrogens is 330 g/mol. The van der Waals surface area contributed by atoms with E-state index in [-0.39, 0.29) is 11.4 Å². The van der Waals surface area contributed by atoms with Gasteiger partial charge in [-0.05, 0) is 19.1 Å². The standard InChI is InChI=1S/C13H11BrF2N4/c1-7(12(15)16)20-13(18)10(6-17)11(19-20)8-2-4-9(14)5-3-8/h2-5,7,12H,18H2,1H3. The third-order valence-electron chi connectivity index (χ3n) is 2.93. The molecule has 104 valence electrons. The molecule has 20 heavy (non-hydrogen) atoms. The average molecular weight is 341 g/mol. The Morgan fingerprint density at radius 3 is 2.45 bits per heavy atom. The number of hydrogen-bond acceptors (Lipinski definition) is 3. The third kappa shape index (κ3) is 2.51. The molecule has 2 aromatic rings. The van der Waals surface area contributed by atoms with Crippen molar-refractivity contribution in [1.29, 1.82) is 5.26 Å². The molecule has 0 saturated heterocycles. The van der Waals surface area contributed by atoms with Crippen LogP contribution in [0.3, 0.4) is 0 Å². The van der Waals surface area contributed by atoms with Crippen molar-refractivity contribution in [2.75, 3.05) is 5.73 Å². The number of aromatic nitrogens is 2. The predicted molar refractivity (Wildman–Crippen MR) is 75.2 cm³/mol. The van der Waals surface area contributed by atoms with E-state index in [4.69, 9.17) is 11.0 Å². The highest BCUT2D eigenvalue weighted by atomic mass is 79.9. The molecule has 0 amide bonds. The number of nitrogens with zero attached hydrogens (tertiary/aromatic N) is 3. The maximum Gasteiger partial charge on any atom is 0.260 e. The molecule has 0 aliphatic carbocycles. The molecule has 0 bridgehead atoms. The monoisotopic (exact) mass is 340 g/mol. The van der Waals surface area contributed by atoms with Gasteiger partial charge >= 0.3 is 0 Å². The van der Waals surface area contributed by atoms with Crippen LogP contribution in [0.1, 0.15) is 18.5 Å². The average Bonchev–Trinajstić information content (AvgIpc) is 2.75.